The van der Waals surface area contributed by atoms with E-state index in [1.807, 2.05) is 6.92 Å². The molecule has 0 bridgehead atoms. The summed E-state index contributed by atoms with van der Waals surface area (Å²) in [6.45, 7) is 2.77. The molecule has 1 N–H and O–H groups in total. The van der Waals surface area contributed by atoms with E-state index in [-0.39, 0.29) is 0 Å². The normalized spacial score (nSPS) is 23.2. The lowest BCUT2D eigenvalue weighted by Crippen LogP contribution is -2.32. The van der Waals surface area contributed by atoms with Gasteiger partial charge in [0.05, 0.1) is 23.8 Å². The van der Waals surface area contributed by atoms with Crippen LogP contribution in [0.5, 0.6) is 5.75 Å². The molecule has 0 aromatic heterocycles. The zero-order valence-corrected chi connectivity index (χ0v) is 14.1. The van der Waals surface area contributed by atoms with Gasteiger partial charge in [-0.1, -0.05) is 11.6 Å². The van der Waals surface area contributed by atoms with Crippen LogP contribution < -0.4 is 4.74 Å². The molecule has 3 nitrogen and oxygen atoms in total. The Morgan fingerprint density at radius 3 is 2.75 bits per heavy atom. The van der Waals surface area contributed by atoms with Crippen LogP contribution in [-0.4, -0.2) is 24.9 Å². The summed E-state index contributed by atoms with van der Waals surface area (Å²) >= 11 is 9.47. The molecule has 1 saturated carbocycles. The highest BCUT2D eigenvalue weighted by Gasteiger charge is 2.32. The van der Waals surface area contributed by atoms with Crippen molar-refractivity contribution in [2.24, 2.45) is 5.92 Å². The van der Waals surface area contributed by atoms with Crippen LogP contribution in [0.3, 0.4) is 0 Å². The largest absolute Gasteiger partial charge is 0.495 e. The first-order valence-corrected chi connectivity index (χ1v) is 8.04. The van der Waals surface area contributed by atoms with Gasteiger partial charge in [-0.3, -0.25) is 0 Å². The third-order valence-corrected chi connectivity index (χ3v) is 4.56. The first-order valence-electron chi connectivity index (χ1n) is 6.87. The standard InChI is InChI=1S/C15H20BrClO3/c1-3-20-11-4-9(5-11)6-14(18)12-7-10(17)8-13(16)15(12)19-2/h7-9,11,14,18H,3-6H2,1-2H3. The number of aliphatic hydroxyl groups is 1. The van der Waals surface area contributed by atoms with Gasteiger partial charge in [0.1, 0.15) is 5.75 Å². The van der Waals surface area contributed by atoms with Crippen molar-refractivity contribution >= 4 is 27.5 Å². The summed E-state index contributed by atoms with van der Waals surface area (Å²) < 4.78 is 11.7. The fourth-order valence-corrected chi connectivity index (χ4v) is 3.72. The maximum Gasteiger partial charge on any atom is 0.138 e. The second-order valence-electron chi connectivity index (χ2n) is 5.18. The van der Waals surface area contributed by atoms with Gasteiger partial charge in [0.25, 0.3) is 0 Å². The molecular weight excluding hydrogens is 344 g/mol. The summed E-state index contributed by atoms with van der Waals surface area (Å²) in [6.07, 6.45) is 2.56. The summed E-state index contributed by atoms with van der Waals surface area (Å²) in [5.74, 6) is 1.16. The van der Waals surface area contributed by atoms with E-state index < -0.39 is 6.10 Å². The van der Waals surface area contributed by atoms with Gasteiger partial charge in [-0.2, -0.15) is 0 Å². The van der Waals surface area contributed by atoms with Crippen molar-refractivity contribution < 1.29 is 14.6 Å². The number of rotatable bonds is 6. The van der Waals surface area contributed by atoms with Crippen LogP contribution >= 0.6 is 27.5 Å². The molecule has 0 heterocycles. The fraction of sp³-hybridized carbons (Fsp3) is 0.600. The molecule has 1 atom stereocenters. The molecule has 2 rings (SSSR count). The minimum atomic E-state index is -0.562. The first-order chi connectivity index (χ1) is 9.55. The predicted octanol–water partition coefficient (Wildman–Crippen LogP) is 4.35. The Labute approximate surface area is 133 Å². The highest BCUT2D eigenvalue weighted by Crippen LogP contribution is 2.41. The highest BCUT2D eigenvalue weighted by molar-refractivity contribution is 9.10. The zero-order chi connectivity index (χ0) is 14.7. The van der Waals surface area contributed by atoms with E-state index in [9.17, 15) is 5.11 Å². The van der Waals surface area contributed by atoms with Gasteiger partial charge in [0.2, 0.25) is 0 Å². The van der Waals surface area contributed by atoms with E-state index >= 15 is 0 Å². The fourth-order valence-electron chi connectivity index (χ4n) is 2.72. The number of hydrogen-bond donors (Lipinski definition) is 1. The molecule has 0 spiro atoms. The maximum atomic E-state index is 10.4. The Morgan fingerprint density at radius 1 is 1.45 bits per heavy atom. The van der Waals surface area contributed by atoms with Gasteiger partial charge in [-0.15, -0.1) is 0 Å². The zero-order valence-electron chi connectivity index (χ0n) is 11.7. The molecular formula is C15H20BrClO3. The highest BCUT2D eigenvalue weighted by atomic mass is 79.9. The van der Waals surface area contributed by atoms with Gasteiger partial charge in [-0.05, 0) is 60.2 Å². The number of benzene rings is 1. The van der Waals surface area contributed by atoms with Gasteiger partial charge in [0, 0.05) is 17.2 Å². The maximum absolute atomic E-state index is 10.4. The van der Waals surface area contributed by atoms with Crippen molar-refractivity contribution in [2.45, 2.75) is 38.4 Å². The molecule has 5 heteroatoms. The molecule has 1 aliphatic rings. The quantitative estimate of drug-likeness (QED) is 0.816. The van der Waals surface area contributed by atoms with Crippen LogP contribution in [0.4, 0.5) is 0 Å². The minimum absolute atomic E-state index is 0.366. The number of halogens is 2. The smallest absolute Gasteiger partial charge is 0.138 e. The Morgan fingerprint density at radius 2 is 2.15 bits per heavy atom. The minimum Gasteiger partial charge on any atom is -0.495 e. The van der Waals surface area contributed by atoms with Crippen molar-refractivity contribution in [2.75, 3.05) is 13.7 Å². The van der Waals surface area contributed by atoms with Gasteiger partial charge < -0.3 is 14.6 Å². The van der Waals surface area contributed by atoms with E-state index in [0.717, 1.165) is 29.5 Å². The first kappa shape index (κ1) is 16.1. The average Bonchev–Trinajstić information content (AvgIpc) is 2.35. The van der Waals surface area contributed by atoms with Gasteiger partial charge >= 0.3 is 0 Å². The van der Waals surface area contributed by atoms with Crippen LogP contribution in [-0.2, 0) is 4.74 Å². The van der Waals surface area contributed by atoms with Crippen LogP contribution in [0.25, 0.3) is 0 Å². The number of aliphatic hydroxyl groups excluding tert-OH is 1. The third-order valence-electron chi connectivity index (χ3n) is 3.75. The van der Waals surface area contributed by atoms with Crippen molar-refractivity contribution in [3.05, 3.63) is 27.2 Å². The molecule has 112 valence electrons. The Hall–Kier alpha value is -0.290. The number of hydrogen-bond acceptors (Lipinski definition) is 3. The lowest BCUT2D eigenvalue weighted by molar-refractivity contribution is -0.0381. The van der Waals surface area contributed by atoms with E-state index in [0.29, 0.717) is 29.2 Å². The van der Waals surface area contributed by atoms with Crippen molar-refractivity contribution in [1.82, 2.24) is 0 Å². The molecule has 0 saturated heterocycles. The Balaban J connectivity index is 2.01. The molecule has 1 aromatic carbocycles. The average molecular weight is 364 g/mol. The van der Waals surface area contributed by atoms with E-state index in [1.165, 1.54) is 0 Å². The van der Waals surface area contributed by atoms with Crippen molar-refractivity contribution in [3.63, 3.8) is 0 Å². The third kappa shape index (κ3) is 3.67. The van der Waals surface area contributed by atoms with E-state index in [2.05, 4.69) is 15.9 Å². The summed E-state index contributed by atoms with van der Waals surface area (Å²) in [6, 6.07) is 3.54. The summed E-state index contributed by atoms with van der Waals surface area (Å²) in [7, 11) is 1.60. The summed E-state index contributed by atoms with van der Waals surface area (Å²) in [5.41, 5.74) is 0.742. The molecule has 1 unspecified atom stereocenters. The summed E-state index contributed by atoms with van der Waals surface area (Å²) in [5, 5.41) is 11.0. The second kappa shape index (κ2) is 7.12. The van der Waals surface area contributed by atoms with Gasteiger partial charge in [0.15, 0.2) is 0 Å². The summed E-state index contributed by atoms with van der Waals surface area (Å²) in [4.78, 5) is 0. The molecule has 0 amide bonds. The number of ether oxygens (including phenoxy) is 2. The van der Waals surface area contributed by atoms with Crippen LogP contribution in [0.1, 0.15) is 37.9 Å². The Bertz CT molecular complexity index is 461. The molecule has 1 fully saturated rings. The van der Waals surface area contributed by atoms with Crippen LogP contribution in [0.15, 0.2) is 16.6 Å². The van der Waals surface area contributed by atoms with E-state index in [1.54, 1.807) is 19.2 Å². The van der Waals surface area contributed by atoms with Crippen molar-refractivity contribution in [1.29, 1.82) is 0 Å². The lowest BCUT2D eigenvalue weighted by Gasteiger charge is -2.36. The molecule has 1 aromatic rings. The van der Waals surface area contributed by atoms with Crippen LogP contribution in [0, 0.1) is 5.92 Å². The van der Waals surface area contributed by atoms with E-state index in [4.69, 9.17) is 21.1 Å². The predicted molar refractivity (Wildman–Crippen MR) is 83.4 cm³/mol. The molecule has 20 heavy (non-hydrogen) atoms. The lowest BCUT2D eigenvalue weighted by atomic mass is 9.78. The van der Waals surface area contributed by atoms with Crippen molar-refractivity contribution in [3.8, 4) is 5.75 Å². The SMILES string of the molecule is CCOC1CC(CC(O)c2cc(Cl)cc(Br)c2OC)C1. The second-order valence-corrected chi connectivity index (χ2v) is 6.47. The Kier molecular flexibility index (Phi) is 5.73. The van der Waals surface area contributed by atoms with Gasteiger partial charge in [-0.25, -0.2) is 0 Å². The molecule has 0 aliphatic heterocycles. The number of methoxy groups -OCH3 is 1. The monoisotopic (exact) mass is 362 g/mol. The topological polar surface area (TPSA) is 38.7 Å². The van der Waals surface area contributed by atoms with Crippen LogP contribution in [0.2, 0.25) is 5.02 Å². The molecule has 1 aliphatic carbocycles. The molecule has 0 radical (unpaired) electrons.